The lowest BCUT2D eigenvalue weighted by Crippen LogP contribution is -2.29. The van der Waals surface area contributed by atoms with Crippen molar-refractivity contribution in [1.82, 2.24) is 4.90 Å². The Balaban J connectivity index is 1.82. The smallest absolute Gasteiger partial charge is 0.233 e. The van der Waals surface area contributed by atoms with E-state index < -0.39 is 0 Å². The van der Waals surface area contributed by atoms with E-state index in [9.17, 15) is 4.79 Å². The molecule has 1 saturated heterocycles. The van der Waals surface area contributed by atoms with Gasteiger partial charge in [0.15, 0.2) is 0 Å². The van der Waals surface area contributed by atoms with Crippen LogP contribution in [0.4, 0.5) is 0 Å². The van der Waals surface area contributed by atoms with Crippen LogP contribution in [0.25, 0.3) is 0 Å². The largest absolute Gasteiger partial charge is 0.381 e. The number of thiophene rings is 1. The Morgan fingerprint density at radius 3 is 3.11 bits per heavy atom. The van der Waals surface area contributed by atoms with Gasteiger partial charge in [-0.3, -0.25) is 4.79 Å². The van der Waals surface area contributed by atoms with Crippen molar-refractivity contribution in [3.05, 3.63) is 22.4 Å². The molecule has 0 aliphatic carbocycles. The molecule has 3 nitrogen and oxygen atoms in total. The minimum absolute atomic E-state index is 0.218. The van der Waals surface area contributed by atoms with Crippen LogP contribution in [-0.2, 0) is 9.53 Å². The number of rotatable bonds is 7. The topological polar surface area (TPSA) is 29.5 Å². The molecule has 100 valence electrons. The van der Waals surface area contributed by atoms with Gasteiger partial charge in [-0.05, 0) is 35.2 Å². The highest BCUT2D eigenvalue weighted by Crippen LogP contribution is 2.39. The van der Waals surface area contributed by atoms with Crippen molar-refractivity contribution in [3.8, 4) is 0 Å². The summed E-state index contributed by atoms with van der Waals surface area (Å²) in [6.45, 7) is 4.47. The van der Waals surface area contributed by atoms with Gasteiger partial charge in [0.25, 0.3) is 0 Å². The van der Waals surface area contributed by atoms with Crippen LogP contribution in [-0.4, -0.2) is 36.3 Å². The summed E-state index contributed by atoms with van der Waals surface area (Å²) in [5, 5.41) is 4.42. The van der Waals surface area contributed by atoms with Crippen LogP contribution in [0.3, 0.4) is 0 Å². The van der Waals surface area contributed by atoms with Crippen molar-refractivity contribution >= 4 is 29.0 Å². The van der Waals surface area contributed by atoms with Crippen molar-refractivity contribution in [1.29, 1.82) is 0 Å². The van der Waals surface area contributed by atoms with Crippen molar-refractivity contribution in [2.75, 3.05) is 25.5 Å². The van der Waals surface area contributed by atoms with Crippen LogP contribution >= 0.6 is 23.1 Å². The van der Waals surface area contributed by atoms with Crippen LogP contribution in [0, 0.1) is 0 Å². The van der Waals surface area contributed by atoms with Crippen LogP contribution in [0.1, 0.15) is 30.7 Å². The monoisotopic (exact) mass is 285 g/mol. The van der Waals surface area contributed by atoms with Gasteiger partial charge in [-0.1, -0.05) is 6.92 Å². The zero-order chi connectivity index (χ0) is 12.8. The lowest BCUT2D eigenvalue weighted by atomic mass is 10.3. The third-order valence-electron chi connectivity index (χ3n) is 2.83. The maximum atomic E-state index is 11.9. The first kappa shape index (κ1) is 13.9. The minimum Gasteiger partial charge on any atom is -0.381 e. The Morgan fingerprint density at radius 1 is 1.50 bits per heavy atom. The van der Waals surface area contributed by atoms with E-state index in [0.717, 1.165) is 32.6 Å². The number of carbonyl (C=O) groups excluding carboxylic acids is 1. The molecule has 0 saturated carbocycles. The normalized spacial score (nSPS) is 19.7. The first-order chi connectivity index (χ1) is 8.83. The fourth-order valence-electron chi connectivity index (χ4n) is 1.97. The molecular weight excluding hydrogens is 266 g/mol. The SMILES string of the molecule is CCCOCCCN1C(=O)CSC1c1ccsc1. The Morgan fingerprint density at radius 2 is 2.39 bits per heavy atom. The van der Waals surface area contributed by atoms with Crippen molar-refractivity contribution in [2.45, 2.75) is 25.1 Å². The van der Waals surface area contributed by atoms with Crippen LogP contribution in [0.15, 0.2) is 16.8 Å². The van der Waals surface area contributed by atoms with Gasteiger partial charge in [0.05, 0.1) is 5.75 Å². The summed E-state index contributed by atoms with van der Waals surface area (Å²) in [6.07, 6.45) is 1.98. The fourth-order valence-corrected chi connectivity index (χ4v) is 3.94. The van der Waals surface area contributed by atoms with Crippen molar-refractivity contribution < 1.29 is 9.53 Å². The molecule has 2 heterocycles. The predicted molar refractivity (Wildman–Crippen MR) is 77.0 cm³/mol. The average molecular weight is 285 g/mol. The number of thioether (sulfide) groups is 1. The van der Waals surface area contributed by atoms with Crippen molar-refractivity contribution in [3.63, 3.8) is 0 Å². The molecule has 1 amide bonds. The van der Waals surface area contributed by atoms with Gasteiger partial charge in [-0.25, -0.2) is 0 Å². The molecule has 0 N–H and O–H groups in total. The van der Waals surface area contributed by atoms with Gasteiger partial charge in [-0.15, -0.1) is 11.8 Å². The first-order valence-corrected chi connectivity index (χ1v) is 8.33. The van der Waals surface area contributed by atoms with E-state index in [-0.39, 0.29) is 11.3 Å². The Labute approximate surface area is 117 Å². The second-order valence-electron chi connectivity index (χ2n) is 4.27. The second-order valence-corrected chi connectivity index (χ2v) is 6.12. The average Bonchev–Trinajstić information content (AvgIpc) is 2.99. The molecule has 0 bridgehead atoms. The number of hydrogen-bond acceptors (Lipinski definition) is 4. The quantitative estimate of drug-likeness (QED) is 0.721. The van der Waals surface area contributed by atoms with Gasteiger partial charge in [-0.2, -0.15) is 11.3 Å². The number of hydrogen-bond donors (Lipinski definition) is 0. The lowest BCUT2D eigenvalue weighted by Gasteiger charge is -2.23. The van der Waals surface area contributed by atoms with E-state index in [1.807, 2.05) is 4.90 Å². The molecule has 0 aromatic carbocycles. The maximum absolute atomic E-state index is 11.9. The minimum atomic E-state index is 0.218. The molecular formula is C13H19NO2S2. The summed E-state index contributed by atoms with van der Waals surface area (Å²) in [5.41, 5.74) is 1.25. The summed E-state index contributed by atoms with van der Waals surface area (Å²) in [7, 11) is 0. The van der Waals surface area contributed by atoms with Crippen LogP contribution in [0.2, 0.25) is 0 Å². The molecule has 2 rings (SSSR count). The number of carbonyl (C=O) groups is 1. The van der Waals surface area contributed by atoms with Gasteiger partial charge in [0, 0.05) is 19.8 Å². The van der Waals surface area contributed by atoms with Crippen molar-refractivity contribution in [2.24, 2.45) is 0 Å². The fraction of sp³-hybridized carbons (Fsp3) is 0.615. The summed E-state index contributed by atoms with van der Waals surface area (Å²) in [4.78, 5) is 13.9. The molecule has 1 aromatic heterocycles. The third-order valence-corrected chi connectivity index (χ3v) is 4.79. The van der Waals surface area contributed by atoms with E-state index in [4.69, 9.17) is 4.74 Å². The Hall–Kier alpha value is -0.520. The zero-order valence-corrected chi connectivity index (χ0v) is 12.3. The van der Waals surface area contributed by atoms with E-state index in [2.05, 4.69) is 23.8 Å². The molecule has 0 spiro atoms. The Kier molecular flexibility index (Phi) is 5.53. The highest BCUT2D eigenvalue weighted by Gasteiger charge is 2.32. The highest BCUT2D eigenvalue weighted by atomic mass is 32.2. The molecule has 1 aliphatic heterocycles. The maximum Gasteiger partial charge on any atom is 0.233 e. The van der Waals surface area contributed by atoms with Gasteiger partial charge in [0.2, 0.25) is 5.91 Å². The van der Waals surface area contributed by atoms with Gasteiger partial charge in [0.1, 0.15) is 5.37 Å². The summed E-state index contributed by atoms with van der Waals surface area (Å²) >= 11 is 3.42. The molecule has 1 unspecified atom stereocenters. The van der Waals surface area contributed by atoms with E-state index >= 15 is 0 Å². The molecule has 1 aliphatic rings. The molecule has 1 aromatic rings. The number of amides is 1. The molecule has 18 heavy (non-hydrogen) atoms. The summed E-state index contributed by atoms with van der Waals surface area (Å²) in [6, 6.07) is 2.11. The molecule has 5 heteroatoms. The summed E-state index contributed by atoms with van der Waals surface area (Å²) in [5.74, 6) is 0.864. The number of ether oxygens (including phenoxy) is 1. The first-order valence-electron chi connectivity index (χ1n) is 6.34. The van der Waals surface area contributed by atoms with Crippen LogP contribution < -0.4 is 0 Å². The third kappa shape index (κ3) is 3.49. The zero-order valence-electron chi connectivity index (χ0n) is 10.6. The van der Waals surface area contributed by atoms with E-state index in [0.29, 0.717) is 5.75 Å². The van der Waals surface area contributed by atoms with E-state index in [1.165, 1.54) is 5.56 Å². The lowest BCUT2D eigenvalue weighted by molar-refractivity contribution is -0.128. The summed E-state index contributed by atoms with van der Waals surface area (Å²) < 4.78 is 5.46. The Bertz CT molecular complexity index is 367. The second kappa shape index (κ2) is 7.16. The van der Waals surface area contributed by atoms with E-state index in [1.54, 1.807) is 23.1 Å². The van der Waals surface area contributed by atoms with Gasteiger partial charge >= 0.3 is 0 Å². The predicted octanol–water partition coefficient (Wildman–Crippen LogP) is 3.14. The standard InChI is InChI=1S/C13H19NO2S2/c1-2-6-16-7-3-5-14-12(15)10-18-13(14)11-4-8-17-9-11/h4,8-9,13H,2-3,5-7,10H2,1H3. The molecule has 0 radical (unpaired) electrons. The molecule has 1 fully saturated rings. The molecule has 1 atom stereocenters. The highest BCUT2D eigenvalue weighted by molar-refractivity contribution is 8.00. The van der Waals surface area contributed by atoms with Gasteiger partial charge < -0.3 is 9.64 Å². The number of nitrogens with zero attached hydrogens (tertiary/aromatic N) is 1. The van der Waals surface area contributed by atoms with Crippen LogP contribution in [0.5, 0.6) is 0 Å².